The summed E-state index contributed by atoms with van der Waals surface area (Å²) in [5.41, 5.74) is 7.18. The predicted octanol–water partition coefficient (Wildman–Crippen LogP) is 0.388. The van der Waals surface area contributed by atoms with E-state index in [0.717, 1.165) is 26.1 Å². The van der Waals surface area contributed by atoms with E-state index in [9.17, 15) is 4.79 Å². The highest BCUT2D eigenvalue weighted by molar-refractivity contribution is 5.78. The molecule has 19 heavy (non-hydrogen) atoms. The van der Waals surface area contributed by atoms with Gasteiger partial charge in [0.15, 0.2) is 0 Å². The van der Waals surface area contributed by atoms with Crippen LogP contribution in [0.15, 0.2) is 24.5 Å². The Labute approximate surface area is 113 Å². The highest BCUT2D eigenvalue weighted by Gasteiger charge is 2.37. The van der Waals surface area contributed by atoms with Gasteiger partial charge < -0.3 is 10.6 Å². The summed E-state index contributed by atoms with van der Waals surface area (Å²) in [4.78, 5) is 20.2. The molecule has 1 aromatic heterocycles. The zero-order valence-corrected chi connectivity index (χ0v) is 11.0. The second-order valence-electron chi connectivity index (χ2n) is 5.31. The molecule has 2 aliphatic rings. The van der Waals surface area contributed by atoms with Gasteiger partial charge >= 0.3 is 0 Å². The molecule has 1 aromatic rings. The maximum absolute atomic E-state index is 11.7. The summed E-state index contributed by atoms with van der Waals surface area (Å²) in [6.45, 7) is 3.29. The first-order chi connectivity index (χ1) is 9.29. The van der Waals surface area contributed by atoms with Crippen molar-refractivity contribution < 1.29 is 4.79 Å². The quantitative estimate of drug-likeness (QED) is 0.854. The Morgan fingerprint density at radius 2 is 2.16 bits per heavy atom. The molecule has 0 spiro atoms. The Bertz CT molecular complexity index is 450. The SMILES string of the molecule is NCC(c1ccncc1)N1CCN2C(=O)CCC2C1. The van der Waals surface area contributed by atoms with Crippen molar-refractivity contribution in [2.75, 3.05) is 26.2 Å². The van der Waals surface area contributed by atoms with E-state index >= 15 is 0 Å². The first-order valence-electron chi connectivity index (χ1n) is 6.93. The van der Waals surface area contributed by atoms with Gasteiger partial charge in [-0.1, -0.05) is 0 Å². The van der Waals surface area contributed by atoms with Crippen LogP contribution < -0.4 is 5.73 Å². The molecule has 5 heteroatoms. The van der Waals surface area contributed by atoms with E-state index in [2.05, 4.69) is 9.88 Å². The standard InChI is InChI=1S/C14H20N4O/c15-9-13(11-3-5-16-6-4-11)17-7-8-18-12(10-17)1-2-14(18)19/h3-6,12-13H,1-2,7-10,15H2. The molecule has 3 heterocycles. The minimum Gasteiger partial charge on any atom is -0.337 e. The number of carbonyl (C=O) groups excluding carboxylic acids is 1. The number of aromatic nitrogens is 1. The van der Waals surface area contributed by atoms with E-state index < -0.39 is 0 Å². The average Bonchev–Trinajstić information content (AvgIpc) is 2.82. The minimum atomic E-state index is 0.237. The number of amides is 1. The molecule has 2 fully saturated rings. The van der Waals surface area contributed by atoms with E-state index in [1.165, 1.54) is 5.56 Å². The Morgan fingerprint density at radius 3 is 2.89 bits per heavy atom. The maximum atomic E-state index is 11.7. The molecule has 0 radical (unpaired) electrons. The van der Waals surface area contributed by atoms with Crippen molar-refractivity contribution in [2.45, 2.75) is 24.9 Å². The molecule has 2 saturated heterocycles. The summed E-state index contributed by atoms with van der Waals surface area (Å²) in [5.74, 6) is 0.317. The van der Waals surface area contributed by atoms with E-state index in [4.69, 9.17) is 5.73 Å². The minimum absolute atomic E-state index is 0.237. The molecule has 2 unspecified atom stereocenters. The van der Waals surface area contributed by atoms with Crippen molar-refractivity contribution in [2.24, 2.45) is 5.73 Å². The van der Waals surface area contributed by atoms with Gasteiger partial charge in [-0.25, -0.2) is 0 Å². The molecule has 0 aliphatic carbocycles. The molecule has 3 rings (SSSR count). The van der Waals surface area contributed by atoms with E-state index in [1.54, 1.807) is 0 Å². The van der Waals surface area contributed by atoms with Gasteiger partial charge in [-0.05, 0) is 24.1 Å². The smallest absolute Gasteiger partial charge is 0.222 e. The van der Waals surface area contributed by atoms with Crippen molar-refractivity contribution in [3.05, 3.63) is 30.1 Å². The van der Waals surface area contributed by atoms with Crippen molar-refractivity contribution in [1.29, 1.82) is 0 Å². The van der Waals surface area contributed by atoms with Crippen molar-refractivity contribution in [3.8, 4) is 0 Å². The number of fused-ring (bicyclic) bond motifs is 1. The van der Waals surface area contributed by atoms with Crippen LogP contribution in [0.4, 0.5) is 0 Å². The van der Waals surface area contributed by atoms with E-state index in [1.807, 2.05) is 29.4 Å². The molecular weight excluding hydrogens is 240 g/mol. The Kier molecular flexibility index (Phi) is 3.48. The number of pyridine rings is 1. The van der Waals surface area contributed by atoms with Gasteiger partial charge in [0.25, 0.3) is 0 Å². The number of carbonyl (C=O) groups is 1. The first-order valence-corrected chi connectivity index (χ1v) is 6.93. The van der Waals surface area contributed by atoms with Crippen molar-refractivity contribution >= 4 is 5.91 Å². The second kappa shape index (κ2) is 5.27. The fourth-order valence-corrected chi connectivity index (χ4v) is 3.25. The predicted molar refractivity (Wildman–Crippen MR) is 72.3 cm³/mol. The van der Waals surface area contributed by atoms with Crippen LogP contribution in [0.3, 0.4) is 0 Å². The normalized spacial score (nSPS) is 25.4. The monoisotopic (exact) mass is 260 g/mol. The number of nitrogens with two attached hydrogens (primary N) is 1. The molecule has 102 valence electrons. The van der Waals surface area contributed by atoms with Gasteiger partial charge in [0.05, 0.1) is 0 Å². The highest BCUT2D eigenvalue weighted by atomic mass is 16.2. The van der Waals surface area contributed by atoms with Crippen LogP contribution in [0.5, 0.6) is 0 Å². The summed E-state index contributed by atoms with van der Waals surface area (Å²) in [7, 11) is 0. The molecule has 5 nitrogen and oxygen atoms in total. The summed E-state index contributed by atoms with van der Waals surface area (Å²) >= 11 is 0. The Morgan fingerprint density at radius 1 is 1.37 bits per heavy atom. The molecule has 0 saturated carbocycles. The first kappa shape index (κ1) is 12.6. The third-order valence-electron chi connectivity index (χ3n) is 4.28. The van der Waals surface area contributed by atoms with Crippen LogP contribution in [0.25, 0.3) is 0 Å². The molecular formula is C14H20N4O. The van der Waals surface area contributed by atoms with Crippen LogP contribution in [0.2, 0.25) is 0 Å². The van der Waals surface area contributed by atoms with Crippen LogP contribution >= 0.6 is 0 Å². The largest absolute Gasteiger partial charge is 0.337 e. The molecule has 2 aliphatic heterocycles. The van der Waals surface area contributed by atoms with Crippen LogP contribution in [0, 0.1) is 0 Å². The lowest BCUT2D eigenvalue weighted by molar-refractivity contribution is -0.131. The fraction of sp³-hybridized carbons (Fsp3) is 0.571. The van der Waals surface area contributed by atoms with Gasteiger partial charge in [0.1, 0.15) is 0 Å². The summed E-state index contributed by atoms with van der Waals surface area (Å²) in [5, 5.41) is 0. The summed E-state index contributed by atoms with van der Waals surface area (Å²) in [6.07, 6.45) is 5.32. The summed E-state index contributed by atoms with van der Waals surface area (Å²) in [6, 6.07) is 4.69. The molecule has 1 amide bonds. The molecule has 0 bridgehead atoms. The van der Waals surface area contributed by atoms with Gasteiger partial charge in [0.2, 0.25) is 5.91 Å². The number of piperazine rings is 1. The Balaban J connectivity index is 1.74. The summed E-state index contributed by atoms with van der Waals surface area (Å²) < 4.78 is 0. The lowest BCUT2D eigenvalue weighted by Crippen LogP contribution is -2.53. The zero-order chi connectivity index (χ0) is 13.2. The zero-order valence-electron chi connectivity index (χ0n) is 11.0. The number of nitrogens with zero attached hydrogens (tertiary/aromatic N) is 3. The molecule has 0 aromatic carbocycles. The van der Waals surface area contributed by atoms with E-state index in [0.29, 0.717) is 24.9 Å². The van der Waals surface area contributed by atoms with Crippen LogP contribution in [-0.4, -0.2) is 52.9 Å². The highest BCUT2D eigenvalue weighted by Crippen LogP contribution is 2.28. The third-order valence-corrected chi connectivity index (χ3v) is 4.28. The van der Waals surface area contributed by atoms with Crippen LogP contribution in [0.1, 0.15) is 24.4 Å². The second-order valence-corrected chi connectivity index (χ2v) is 5.31. The number of hydrogen-bond acceptors (Lipinski definition) is 4. The van der Waals surface area contributed by atoms with Crippen molar-refractivity contribution in [3.63, 3.8) is 0 Å². The lowest BCUT2D eigenvalue weighted by atomic mass is 10.0. The van der Waals surface area contributed by atoms with Crippen LogP contribution in [-0.2, 0) is 4.79 Å². The third kappa shape index (κ3) is 2.35. The van der Waals surface area contributed by atoms with Gasteiger partial charge in [-0.15, -0.1) is 0 Å². The van der Waals surface area contributed by atoms with Gasteiger partial charge in [-0.2, -0.15) is 0 Å². The van der Waals surface area contributed by atoms with Gasteiger partial charge in [0, 0.05) is 57.1 Å². The van der Waals surface area contributed by atoms with Crippen molar-refractivity contribution in [1.82, 2.24) is 14.8 Å². The van der Waals surface area contributed by atoms with Gasteiger partial charge in [-0.3, -0.25) is 14.7 Å². The van der Waals surface area contributed by atoms with E-state index in [-0.39, 0.29) is 6.04 Å². The lowest BCUT2D eigenvalue weighted by Gasteiger charge is -2.41. The fourth-order valence-electron chi connectivity index (χ4n) is 3.25. The molecule has 2 atom stereocenters. The average molecular weight is 260 g/mol. The number of rotatable bonds is 3. The maximum Gasteiger partial charge on any atom is 0.222 e. The Hall–Kier alpha value is -1.46. The molecule has 2 N–H and O–H groups in total. The number of hydrogen-bond donors (Lipinski definition) is 1. The topological polar surface area (TPSA) is 62.5 Å².